The Morgan fingerprint density at radius 1 is 1.26 bits per heavy atom. The molecule has 1 heterocycles. The average molecular weight is 339 g/mol. The van der Waals surface area contributed by atoms with Gasteiger partial charge in [0.2, 0.25) is 0 Å². The van der Waals surface area contributed by atoms with Crippen LogP contribution in [0.15, 0.2) is 28.7 Å². The summed E-state index contributed by atoms with van der Waals surface area (Å²) in [5.41, 5.74) is 2.49. The third kappa shape index (κ3) is 3.44. The number of rotatable bonds is 5. The van der Waals surface area contributed by atoms with E-state index < -0.39 is 0 Å². The molecule has 2 aromatic rings. The van der Waals surface area contributed by atoms with E-state index in [1.165, 1.54) is 21.1 Å². The Kier molecular flexibility index (Phi) is 5.13. The van der Waals surface area contributed by atoms with Crippen molar-refractivity contribution in [1.29, 1.82) is 0 Å². The molecule has 102 valence electrons. The van der Waals surface area contributed by atoms with Crippen molar-refractivity contribution < 1.29 is 0 Å². The van der Waals surface area contributed by atoms with Gasteiger partial charge in [-0.2, -0.15) is 0 Å². The Morgan fingerprint density at radius 3 is 2.47 bits per heavy atom. The summed E-state index contributed by atoms with van der Waals surface area (Å²) in [5, 5.41) is 4.70. The van der Waals surface area contributed by atoms with E-state index in [2.05, 4.69) is 66.3 Å². The molecular formula is C15H19BrN2S. The standard InChI is InChI=1S/C15H19BrN2S/c1-4-13-10(3)19-15(18-13)14(17-5-2)11-6-8-12(16)9-7-11/h6-9,14,17H,4-5H2,1-3H3. The van der Waals surface area contributed by atoms with E-state index in [4.69, 9.17) is 4.98 Å². The zero-order valence-corrected chi connectivity index (χ0v) is 13.9. The molecule has 2 rings (SSSR count). The number of nitrogens with one attached hydrogen (secondary N) is 1. The summed E-state index contributed by atoms with van der Waals surface area (Å²) in [6.45, 7) is 7.38. The minimum Gasteiger partial charge on any atom is -0.305 e. The maximum Gasteiger partial charge on any atom is 0.115 e. The Hall–Kier alpha value is -0.710. The van der Waals surface area contributed by atoms with Crippen LogP contribution in [0.1, 0.15) is 41.0 Å². The van der Waals surface area contributed by atoms with Gasteiger partial charge in [-0.25, -0.2) is 4.98 Å². The van der Waals surface area contributed by atoms with Crippen LogP contribution in [0.25, 0.3) is 0 Å². The SMILES string of the molecule is CCNC(c1ccc(Br)cc1)c1nc(CC)c(C)s1. The molecule has 0 amide bonds. The molecule has 0 aliphatic rings. The summed E-state index contributed by atoms with van der Waals surface area (Å²) in [7, 11) is 0. The van der Waals surface area contributed by atoms with Gasteiger partial charge in [-0.1, -0.05) is 41.9 Å². The molecule has 4 heteroatoms. The topological polar surface area (TPSA) is 24.9 Å². The molecular weight excluding hydrogens is 320 g/mol. The Morgan fingerprint density at radius 2 is 1.95 bits per heavy atom. The van der Waals surface area contributed by atoms with Crippen molar-refractivity contribution in [2.45, 2.75) is 33.2 Å². The van der Waals surface area contributed by atoms with Gasteiger partial charge in [0.05, 0.1) is 11.7 Å². The number of thiazole rings is 1. The van der Waals surface area contributed by atoms with Crippen molar-refractivity contribution in [3.8, 4) is 0 Å². The van der Waals surface area contributed by atoms with Crippen molar-refractivity contribution in [3.05, 3.63) is 49.9 Å². The Labute approximate surface area is 127 Å². The maximum absolute atomic E-state index is 4.79. The van der Waals surface area contributed by atoms with E-state index >= 15 is 0 Å². The molecule has 1 aromatic carbocycles. The van der Waals surface area contributed by atoms with E-state index in [1.807, 2.05) is 0 Å². The van der Waals surface area contributed by atoms with E-state index in [1.54, 1.807) is 11.3 Å². The van der Waals surface area contributed by atoms with Gasteiger partial charge in [-0.15, -0.1) is 11.3 Å². The number of aryl methyl sites for hydroxylation is 2. The second-order valence-corrected chi connectivity index (χ2v) is 6.60. The summed E-state index contributed by atoms with van der Waals surface area (Å²) < 4.78 is 1.11. The summed E-state index contributed by atoms with van der Waals surface area (Å²) >= 11 is 5.28. The molecule has 0 radical (unpaired) electrons. The van der Waals surface area contributed by atoms with Gasteiger partial charge < -0.3 is 5.32 Å². The van der Waals surface area contributed by atoms with Crippen molar-refractivity contribution in [2.24, 2.45) is 0 Å². The third-order valence-electron chi connectivity index (χ3n) is 3.10. The van der Waals surface area contributed by atoms with Gasteiger partial charge in [0.1, 0.15) is 5.01 Å². The van der Waals surface area contributed by atoms with Gasteiger partial charge in [0, 0.05) is 9.35 Å². The van der Waals surface area contributed by atoms with Crippen LogP contribution < -0.4 is 5.32 Å². The summed E-state index contributed by atoms with van der Waals surface area (Å²) in [6.07, 6.45) is 1.00. The van der Waals surface area contributed by atoms with Crippen LogP contribution in [-0.4, -0.2) is 11.5 Å². The second kappa shape index (κ2) is 6.64. The molecule has 0 saturated carbocycles. The summed E-state index contributed by atoms with van der Waals surface area (Å²) in [6, 6.07) is 8.67. The Balaban J connectivity index is 2.35. The van der Waals surface area contributed by atoms with Crippen molar-refractivity contribution in [1.82, 2.24) is 10.3 Å². The van der Waals surface area contributed by atoms with Gasteiger partial charge in [0.25, 0.3) is 0 Å². The van der Waals surface area contributed by atoms with E-state index in [9.17, 15) is 0 Å². The fourth-order valence-corrected chi connectivity index (χ4v) is 3.49. The first-order valence-electron chi connectivity index (χ1n) is 6.60. The number of nitrogens with zero attached hydrogens (tertiary/aromatic N) is 1. The lowest BCUT2D eigenvalue weighted by molar-refractivity contribution is 0.625. The molecule has 1 N–H and O–H groups in total. The highest BCUT2D eigenvalue weighted by atomic mass is 79.9. The summed E-state index contributed by atoms with van der Waals surface area (Å²) in [4.78, 5) is 6.12. The summed E-state index contributed by atoms with van der Waals surface area (Å²) in [5.74, 6) is 0. The van der Waals surface area contributed by atoms with Crippen LogP contribution in [0.4, 0.5) is 0 Å². The fourth-order valence-electron chi connectivity index (χ4n) is 2.11. The molecule has 1 unspecified atom stereocenters. The molecule has 0 spiro atoms. The first-order valence-corrected chi connectivity index (χ1v) is 8.21. The van der Waals surface area contributed by atoms with Crippen molar-refractivity contribution in [3.63, 3.8) is 0 Å². The molecule has 0 aliphatic carbocycles. The highest BCUT2D eigenvalue weighted by molar-refractivity contribution is 9.10. The van der Waals surface area contributed by atoms with Gasteiger partial charge in [-0.05, 0) is 37.6 Å². The van der Waals surface area contributed by atoms with Crippen LogP contribution in [0, 0.1) is 6.92 Å². The lowest BCUT2D eigenvalue weighted by Crippen LogP contribution is -2.21. The zero-order chi connectivity index (χ0) is 13.8. The van der Waals surface area contributed by atoms with Crippen molar-refractivity contribution in [2.75, 3.05) is 6.54 Å². The van der Waals surface area contributed by atoms with Crippen molar-refractivity contribution >= 4 is 27.3 Å². The highest BCUT2D eigenvalue weighted by Gasteiger charge is 2.18. The number of benzene rings is 1. The lowest BCUT2D eigenvalue weighted by atomic mass is 10.1. The first kappa shape index (κ1) is 14.7. The molecule has 1 atom stereocenters. The molecule has 1 aromatic heterocycles. The van der Waals surface area contributed by atoms with Crippen LogP contribution in [0.2, 0.25) is 0 Å². The van der Waals surface area contributed by atoms with Gasteiger partial charge in [-0.3, -0.25) is 0 Å². The fraction of sp³-hybridized carbons (Fsp3) is 0.400. The second-order valence-electron chi connectivity index (χ2n) is 4.45. The van der Waals surface area contributed by atoms with Gasteiger partial charge >= 0.3 is 0 Å². The average Bonchev–Trinajstić information content (AvgIpc) is 2.78. The minimum atomic E-state index is 0.196. The Bertz CT molecular complexity index is 534. The molecule has 0 fully saturated rings. The zero-order valence-electron chi connectivity index (χ0n) is 11.5. The van der Waals surface area contributed by atoms with E-state index in [0.29, 0.717) is 0 Å². The molecule has 0 aliphatic heterocycles. The van der Waals surface area contributed by atoms with E-state index in [-0.39, 0.29) is 6.04 Å². The molecule has 2 nitrogen and oxygen atoms in total. The monoisotopic (exact) mass is 338 g/mol. The van der Waals surface area contributed by atoms with Gasteiger partial charge in [0.15, 0.2) is 0 Å². The molecule has 0 bridgehead atoms. The largest absolute Gasteiger partial charge is 0.305 e. The lowest BCUT2D eigenvalue weighted by Gasteiger charge is -2.15. The number of hydrogen-bond donors (Lipinski definition) is 1. The van der Waals surface area contributed by atoms with Crippen LogP contribution in [0.5, 0.6) is 0 Å². The minimum absolute atomic E-state index is 0.196. The quantitative estimate of drug-likeness (QED) is 0.869. The number of halogens is 1. The smallest absolute Gasteiger partial charge is 0.115 e. The highest BCUT2D eigenvalue weighted by Crippen LogP contribution is 2.29. The number of aromatic nitrogens is 1. The number of hydrogen-bond acceptors (Lipinski definition) is 3. The van der Waals surface area contributed by atoms with Crippen LogP contribution in [0.3, 0.4) is 0 Å². The predicted molar refractivity (Wildman–Crippen MR) is 85.9 cm³/mol. The van der Waals surface area contributed by atoms with E-state index in [0.717, 1.165) is 17.4 Å². The first-order chi connectivity index (χ1) is 9.15. The predicted octanol–water partition coefficient (Wildman–Crippen LogP) is 4.48. The normalized spacial score (nSPS) is 12.6. The van der Waals surface area contributed by atoms with Crippen LogP contribution >= 0.6 is 27.3 Å². The molecule has 19 heavy (non-hydrogen) atoms. The maximum atomic E-state index is 4.79. The van der Waals surface area contributed by atoms with Crippen LogP contribution in [-0.2, 0) is 6.42 Å². The third-order valence-corrected chi connectivity index (χ3v) is 4.71. The molecule has 0 saturated heterocycles.